The Hall–Kier alpha value is -2.41. The zero-order chi connectivity index (χ0) is 17.8. The molecule has 0 fully saturated rings. The molecule has 2 aliphatic heterocycles. The number of halogens is 4. The zero-order valence-electron chi connectivity index (χ0n) is 13.1. The van der Waals surface area contributed by atoms with E-state index < -0.39 is 18.8 Å². The second-order valence-electron chi connectivity index (χ2n) is 5.91. The van der Waals surface area contributed by atoms with Crippen molar-refractivity contribution in [1.29, 1.82) is 0 Å². The fourth-order valence-corrected chi connectivity index (χ4v) is 3.71. The zero-order valence-corrected chi connectivity index (χ0v) is 13.8. The van der Waals surface area contributed by atoms with Crippen molar-refractivity contribution < 1.29 is 17.6 Å². The van der Waals surface area contributed by atoms with E-state index in [1.54, 1.807) is 31.3 Å². The maximum Gasteiger partial charge on any atom is 0.405 e. The van der Waals surface area contributed by atoms with Crippen molar-refractivity contribution in [2.75, 3.05) is 16.8 Å². The first-order valence-electron chi connectivity index (χ1n) is 7.56. The standard InChI is InChI=1S/C17H13ClF3N3O/c1-9-13-12(3-2-11-14(13)10(18)4-5-22-11)24(8-17(19,20)21)15(9)16-23-6-7-25-16/h2-7,15,22H,8H2,1H3. The number of allylic oxidation sites excluding steroid dienone is 1. The highest BCUT2D eigenvalue weighted by Gasteiger charge is 2.41. The second-order valence-corrected chi connectivity index (χ2v) is 6.31. The van der Waals surface area contributed by atoms with Gasteiger partial charge in [-0.1, -0.05) is 11.6 Å². The van der Waals surface area contributed by atoms with E-state index in [-0.39, 0.29) is 5.89 Å². The van der Waals surface area contributed by atoms with Crippen LogP contribution in [-0.4, -0.2) is 17.7 Å². The number of nitrogens with zero attached hydrogens (tertiary/aromatic N) is 2. The van der Waals surface area contributed by atoms with Crippen molar-refractivity contribution in [3.05, 3.63) is 53.2 Å². The van der Waals surface area contributed by atoms with Crippen LogP contribution in [0, 0.1) is 0 Å². The van der Waals surface area contributed by atoms with Gasteiger partial charge in [-0.05, 0) is 30.7 Å². The average Bonchev–Trinajstić information content (AvgIpc) is 3.14. The largest absolute Gasteiger partial charge is 0.446 e. The minimum Gasteiger partial charge on any atom is -0.446 e. The van der Waals surface area contributed by atoms with Crippen LogP contribution in [0.1, 0.15) is 18.9 Å². The van der Waals surface area contributed by atoms with Crippen molar-refractivity contribution in [1.82, 2.24) is 4.98 Å². The molecule has 0 spiro atoms. The number of rotatable bonds is 2. The third kappa shape index (κ3) is 2.59. The maximum atomic E-state index is 13.2. The first-order valence-corrected chi connectivity index (χ1v) is 7.94. The Kier molecular flexibility index (Phi) is 3.57. The van der Waals surface area contributed by atoms with Crippen LogP contribution < -0.4 is 20.7 Å². The van der Waals surface area contributed by atoms with Gasteiger partial charge in [-0.25, -0.2) is 4.98 Å². The number of oxazole rings is 1. The summed E-state index contributed by atoms with van der Waals surface area (Å²) >= 11 is 6.35. The number of alkyl halides is 3. The Morgan fingerprint density at radius 2 is 2.12 bits per heavy atom. The van der Waals surface area contributed by atoms with Gasteiger partial charge in [-0.15, -0.1) is 0 Å². The quantitative estimate of drug-likeness (QED) is 0.884. The fourth-order valence-electron chi connectivity index (χ4n) is 3.45. The Bertz CT molecular complexity index is 980. The second kappa shape index (κ2) is 5.56. The number of aromatic nitrogens is 1. The normalized spacial score (nSPS) is 19.1. The van der Waals surface area contributed by atoms with Crippen molar-refractivity contribution in [2.24, 2.45) is 0 Å². The lowest BCUT2D eigenvalue weighted by Crippen LogP contribution is -2.37. The van der Waals surface area contributed by atoms with E-state index in [0.717, 1.165) is 5.69 Å². The summed E-state index contributed by atoms with van der Waals surface area (Å²) in [5.74, 6) is 0.224. The highest BCUT2D eigenvalue weighted by molar-refractivity contribution is 6.47. The van der Waals surface area contributed by atoms with Gasteiger partial charge in [0.25, 0.3) is 0 Å². The van der Waals surface area contributed by atoms with Gasteiger partial charge in [-0.2, -0.15) is 13.2 Å². The highest BCUT2D eigenvalue weighted by Crippen LogP contribution is 2.38. The summed E-state index contributed by atoms with van der Waals surface area (Å²) in [6, 6.07) is 2.67. The molecule has 25 heavy (non-hydrogen) atoms. The molecule has 1 unspecified atom stereocenters. The fraction of sp³-hybridized carbons (Fsp3) is 0.235. The lowest BCUT2D eigenvalue weighted by Gasteiger charge is -2.28. The predicted octanol–water partition coefficient (Wildman–Crippen LogP) is 3.26. The van der Waals surface area contributed by atoms with E-state index in [2.05, 4.69) is 10.3 Å². The van der Waals surface area contributed by atoms with Crippen LogP contribution in [0.5, 0.6) is 0 Å². The molecule has 130 valence electrons. The molecule has 0 bridgehead atoms. The number of nitrogens with one attached hydrogen (secondary N) is 1. The SMILES string of the molecule is CC1=c2c(ccc3c2=C(Cl)C=CN3)N(CC(F)(F)F)C1c1ncco1. The van der Waals surface area contributed by atoms with Crippen LogP contribution in [0.4, 0.5) is 24.5 Å². The van der Waals surface area contributed by atoms with E-state index in [0.29, 0.717) is 26.7 Å². The molecular weight excluding hydrogens is 355 g/mol. The van der Waals surface area contributed by atoms with Crippen molar-refractivity contribution in [3.8, 4) is 0 Å². The lowest BCUT2D eigenvalue weighted by molar-refractivity contribution is -0.120. The molecule has 2 aromatic rings. The number of fused-ring (bicyclic) bond motifs is 3. The smallest absolute Gasteiger partial charge is 0.405 e. The summed E-state index contributed by atoms with van der Waals surface area (Å²) in [6.45, 7) is 0.677. The summed E-state index contributed by atoms with van der Waals surface area (Å²) in [7, 11) is 0. The van der Waals surface area contributed by atoms with E-state index in [1.165, 1.54) is 17.4 Å². The lowest BCUT2D eigenvalue weighted by atomic mass is 10.1. The molecule has 1 N–H and O–H groups in total. The Labute approximate surface area is 145 Å². The molecule has 3 heterocycles. The van der Waals surface area contributed by atoms with Crippen LogP contribution in [0.3, 0.4) is 0 Å². The van der Waals surface area contributed by atoms with E-state index >= 15 is 0 Å². The summed E-state index contributed by atoms with van der Waals surface area (Å²) < 4.78 is 44.9. The summed E-state index contributed by atoms with van der Waals surface area (Å²) in [5.41, 5.74) is 1.94. The third-order valence-corrected chi connectivity index (χ3v) is 4.67. The van der Waals surface area contributed by atoms with Crippen molar-refractivity contribution in [3.63, 3.8) is 0 Å². The molecule has 4 rings (SSSR count). The molecular formula is C17H13ClF3N3O. The topological polar surface area (TPSA) is 41.3 Å². The molecule has 0 saturated heterocycles. The molecule has 0 radical (unpaired) electrons. The van der Waals surface area contributed by atoms with Gasteiger partial charge in [-0.3, -0.25) is 0 Å². The minimum atomic E-state index is -4.37. The molecule has 1 aromatic carbocycles. The molecule has 0 saturated carbocycles. The van der Waals surface area contributed by atoms with Crippen LogP contribution in [0.25, 0.3) is 10.6 Å². The van der Waals surface area contributed by atoms with E-state index in [9.17, 15) is 13.2 Å². The molecule has 8 heteroatoms. The van der Waals surface area contributed by atoms with Gasteiger partial charge in [0, 0.05) is 28.0 Å². The summed E-state index contributed by atoms with van der Waals surface area (Å²) in [6.07, 6.45) is 1.80. The number of hydrogen-bond acceptors (Lipinski definition) is 4. The van der Waals surface area contributed by atoms with Crippen LogP contribution in [0.15, 0.2) is 41.3 Å². The van der Waals surface area contributed by atoms with Crippen LogP contribution in [-0.2, 0) is 0 Å². The van der Waals surface area contributed by atoms with Crippen LogP contribution in [0.2, 0.25) is 0 Å². The summed E-state index contributed by atoms with van der Waals surface area (Å²) in [4.78, 5) is 5.34. The Balaban J connectivity index is 2.02. The molecule has 0 aliphatic carbocycles. The van der Waals surface area contributed by atoms with Gasteiger partial charge in [0.2, 0.25) is 5.89 Å². The Morgan fingerprint density at radius 1 is 1.32 bits per heavy atom. The molecule has 1 aromatic heterocycles. The molecule has 4 nitrogen and oxygen atoms in total. The van der Waals surface area contributed by atoms with Gasteiger partial charge < -0.3 is 14.6 Å². The Morgan fingerprint density at radius 3 is 2.80 bits per heavy atom. The number of hydrogen-bond donors (Lipinski definition) is 1. The maximum absolute atomic E-state index is 13.2. The van der Waals surface area contributed by atoms with Gasteiger partial charge in [0.1, 0.15) is 18.8 Å². The third-order valence-electron chi connectivity index (χ3n) is 4.35. The molecule has 1 atom stereocenters. The highest BCUT2D eigenvalue weighted by atomic mass is 35.5. The first kappa shape index (κ1) is 16.1. The molecule has 0 amide bonds. The summed E-state index contributed by atoms with van der Waals surface area (Å²) in [5, 5.41) is 4.94. The van der Waals surface area contributed by atoms with Gasteiger partial charge in [0.05, 0.1) is 11.2 Å². The van der Waals surface area contributed by atoms with Crippen molar-refractivity contribution >= 4 is 33.6 Å². The monoisotopic (exact) mass is 367 g/mol. The van der Waals surface area contributed by atoms with E-state index in [4.69, 9.17) is 16.0 Å². The first-order chi connectivity index (χ1) is 11.9. The number of benzene rings is 1. The van der Waals surface area contributed by atoms with Crippen molar-refractivity contribution in [2.45, 2.75) is 19.1 Å². The average molecular weight is 368 g/mol. The van der Waals surface area contributed by atoms with E-state index in [1.807, 2.05) is 0 Å². The van der Waals surface area contributed by atoms with Crippen LogP contribution >= 0.6 is 11.6 Å². The van der Waals surface area contributed by atoms with Gasteiger partial charge in [0.15, 0.2) is 0 Å². The predicted molar refractivity (Wildman–Crippen MR) is 89.4 cm³/mol. The molecule has 2 aliphatic rings. The van der Waals surface area contributed by atoms with Gasteiger partial charge >= 0.3 is 6.18 Å². The minimum absolute atomic E-state index is 0.224. The number of anilines is 2.